The predicted octanol–water partition coefficient (Wildman–Crippen LogP) is 1.62. The van der Waals surface area contributed by atoms with Gasteiger partial charge in [0.15, 0.2) is 0 Å². The molecule has 3 aromatic rings. The number of carbonyl (C=O) groups excluding carboxylic acids is 1. The molecule has 0 atom stereocenters. The summed E-state index contributed by atoms with van der Waals surface area (Å²) < 4.78 is 1.16. The fourth-order valence-corrected chi connectivity index (χ4v) is 2.21. The Labute approximate surface area is 138 Å². The summed E-state index contributed by atoms with van der Waals surface area (Å²) in [4.78, 5) is 28.1. The first-order valence-corrected chi connectivity index (χ1v) is 7.52. The Balaban J connectivity index is 1.70. The normalized spacial score (nSPS) is 10.3. The van der Waals surface area contributed by atoms with Crippen LogP contribution in [0.2, 0.25) is 0 Å². The van der Waals surface area contributed by atoms with Gasteiger partial charge in [0.2, 0.25) is 5.91 Å². The van der Waals surface area contributed by atoms with E-state index in [0.717, 1.165) is 15.9 Å². The largest absolute Gasteiger partial charge is 0.349 e. The van der Waals surface area contributed by atoms with Crippen molar-refractivity contribution in [1.29, 1.82) is 0 Å². The van der Waals surface area contributed by atoms with E-state index in [0.29, 0.717) is 12.2 Å². The number of rotatable bonds is 5. The van der Waals surface area contributed by atoms with Crippen molar-refractivity contribution < 1.29 is 4.79 Å². The summed E-state index contributed by atoms with van der Waals surface area (Å²) in [7, 11) is 0. The van der Waals surface area contributed by atoms with E-state index < -0.39 is 0 Å². The van der Waals surface area contributed by atoms with E-state index in [1.165, 1.54) is 6.07 Å². The van der Waals surface area contributed by atoms with Gasteiger partial charge in [0.1, 0.15) is 6.54 Å². The summed E-state index contributed by atoms with van der Waals surface area (Å²) in [6, 6.07) is 18.1. The molecule has 1 amide bonds. The van der Waals surface area contributed by atoms with E-state index in [1.54, 1.807) is 12.3 Å². The third kappa shape index (κ3) is 3.92. The average Bonchev–Trinajstić information content (AvgIpc) is 2.63. The maximum absolute atomic E-state index is 12.0. The first kappa shape index (κ1) is 15.6. The lowest BCUT2D eigenvalue weighted by Crippen LogP contribution is -2.33. The molecule has 0 aliphatic carbocycles. The highest BCUT2D eigenvalue weighted by atomic mass is 16.2. The van der Waals surface area contributed by atoms with Crippen LogP contribution in [0.15, 0.2) is 71.7 Å². The van der Waals surface area contributed by atoms with Gasteiger partial charge in [-0.1, -0.05) is 36.4 Å². The molecule has 2 aromatic heterocycles. The van der Waals surface area contributed by atoms with Gasteiger partial charge in [-0.3, -0.25) is 14.6 Å². The van der Waals surface area contributed by atoms with Gasteiger partial charge in [-0.05, 0) is 18.2 Å². The first-order chi connectivity index (χ1) is 11.7. The number of carbonyl (C=O) groups is 1. The molecule has 0 aliphatic heterocycles. The minimum Gasteiger partial charge on any atom is -0.349 e. The zero-order chi connectivity index (χ0) is 16.8. The molecular weight excluding hydrogens is 304 g/mol. The second kappa shape index (κ2) is 7.32. The van der Waals surface area contributed by atoms with E-state index in [2.05, 4.69) is 15.4 Å². The fourth-order valence-electron chi connectivity index (χ4n) is 2.21. The zero-order valence-corrected chi connectivity index (χ0v) is 12.9. The standard InChI is InChI=1S/C18H16N4O2/c23-17(20-12-15-8-4-5-11-19-15)13-22-18(24)10-9-16(21-22)14-6-2-1-3-7-14/h1-11H,12-13H2,(H,20,23). The highest BCUT2D eigenvalue weighted by Gasteiger charge is 2.08. The van der Waals surface area contributed by atoms with Crippen molar-refractivity contribution in [2.75, 3.05) is 0 Å². The summed E-state index contributed by atoms with van der Waals surface area (Å²) in [6.07, 6.45) is 1.66. The Kier molecular flexibility index (Phi) is 4.76. The molecule has 1 N–H and O–H groups in total. The van der Waals surface area contributed by atoms with E-state index in [1.807, 2.05) is 48.5 Å². The van der Waals surface area contributed by atoms with Crippen LogP contribution in [-0.4, -0.2) is 20.7 Å². The number of pyridine rings is 1. The van der Waals surface area contributed by atoms with Crippen LogP contribution < -0.4 is 10.9 Å². The molecule has 120 valence electrons. The minimum atomic E-state index is -0.317. The Morgan fingerprint density at radius 1 is 1.00 bits per heavy atom. The highest BCUT2D eigenvalue weighted by Crippen LogP contribution is 2.13. The first-order valence-electron chi connectivity index (χ1n) is 7.52. The van der Waals surface area contributed by atoms with Crippen molar-refractivity contribution in [2.24, 2.45) is 0 Å². The molecule has 0 spiro atoms. The van der Waals surface area contributed by atoms with Crippen molar-refractivity contribution in [3.8, 4) is 11.3 Å². The summed E-state index contributed by atoms with van der Waals surface area (Å²) in [5, 5.41) is 7.00. The number of hydrogen-bond acceptors (Lipinski definition) is 4. The van der Waals surface area contributed by atoms with Crippen LogP contribution in [-0.2, 0) is 17.9 Å². The quantitative estimate of drug-likeness (QED) is 0.775. The number of aromatic nitrogens is 3. The van der Waals surface area contributed by atoms with Crippen molar-refractivity contribution >= 4 is 5.91 Å². The lowest BCUT2D eigenvalue weighted by atomic mass is 10.1. The Morgan fingerprint density at radius 2 is 1.79 bits per heavy atom. The molecule has 6 nitrogen and oxygen atoms in total. The third-order valence-corrected chi connectivity index (χ3v) is 3.42. The summed E-state index contributed by atoms with van der Waals surface area (Å²) in [5.41, 5.74) is 1.97. The molecule has 2 heterocycles. The smallest absolute Gasteiger partial charge is 0.267 e. The lowest BCUT2D eigenvalue weighted by molar-refractivity contribution is -0.122. The fraction of sp³-hybridized carbons (Fsp3) is 0.111. The van der Waals surface area contributed by atoms with Crippen molar-refractivity contribution in [2.45, 2.75) is 13.1 Å². The number of nitrogens with zero attached hydrogens (tertiary/aromatic N) is 3. The number of benzene rings is 1. The average molecular weight is 320 g/mol. The van der Waals surface area contributed by atoms with Gasteiger partial charge in [0.25, 0.3) is 5.56 Å². The monoisotopic (exact) mass is 320 g/mol. The summed E-state index contributed by atoms with van der Waals surface area (Å²) >= 11 is 0. The molecule has 24 heavy (non-hydrogen) atoms. The van der Waals surface area contributed by atoms with Crippen LogP contribution in [0.4, 0.5) is 0 Å². The van der Waals surface area contributed by atoms with Gasteiger partial charge >= 0.3 is 0 Å². The lowest BCUT2D eigenvalue weighted by Gasteiger charge is -2.08. The Morgan fingerprint density at radius 3 is 2.54 bits per heavy atom. The van der Waals surface area contributed by atoms with Crippen molar-refractivity contribution in [3.63, 3.8) is 0 Å². The van der Waals surface area contributed by atoms with Gasteiger partial charge in [-0.25, -0.2) is 4.68 Å². The predicted molar refractivity (Wildman–Crippen MR) is 90.0 cm³/mol. The summed E-state index contributed by atoms with van der Waals surface area (Å²) in [5.74, 6) is -0.291. The van der Waals surface area contributed by atoms with Crippen molar-refractivity contribution in [3.05, 3.63) is 82.9 Å². The molecule has 0 aliphatic rings. The molecule has 3 rings (SSSR count). The highest BCUT2D eigenvalue weighted by molar-refractivity contribution is 5.75. The molecule has 1 aromatic carbocycles. The zero-order valence-electron chi connectivity index (χ0n) is 12.9. The maximum atomic E-state index is 12.0. The molecular formula is C18H16N4O2. The van der Waals surface area contributed by atoms with E-state index >= 15 is 0 Å². The Bertz CT molecular complexity index is 876. The number of nitrogens with one attached hydrogen (secondary N) is 1. The molecule has 0 fully saturated rings. The minimum absolute atomic E-state index is 0.133. The van der Waals surface area contributed by atoms with Gasteiger partial charge < -0.3 is 5.32 Å². The van der Waals surface area contributed by atoms with Crippen LogP contribution in [0.3, 0.4) is 0 Å². The van der Waals surface area contributed by atoms with Crippen LogP contribution in [0.25, 0.3) is 11.3 Å². The van der Waals surface area contributed by atoms with Crippen molar-refractivity contribution in [1.82, 2.24) is 20.1 Å². The molecule has 0 radical (unpaired) electrons. The second-order valence-corrected chi connectivity index (χ2v) is 5.18. The molecule has 0 saturated carbocycles. The van der Waals surface area contributed by atoms with E-state index in [9.17, 15) is 9.59 Å². The van der Waals surface area contributed by atoms with Crippen LogP contribution in [0.5, 0.6) is 0 Å². The molecule has 6 heteroatoms. The molecule has 0 saturated heterocycles. The van der Waals surface area contributed by atoms with Gasteiger partial charge in [-0.2, -0.15) is 5.10 Å². The van der Waals surface area contributed by atoms with Gasteiger partial charge in [0.05, 0.1) is 17.9 Å². The van der Waals surface area contributed by atoms with E-state index in [4.69, 9.17) is 0 Å². The third-order valence-electron chi connectivity index (χ3n) is 3.42. The van der Waals surface area contributed by atoms with Crippen LogP contribution in [0, 0.1) is 0 Å². The number of hydrogen-bond donors (Lipinski definition) is 1. The molecule has 0 bridgehead atoms. The topological polar surface area (TPSA) is 76.9 Å². The van der Waals surface area contributed by atoms with Gasteiger partial charge in [0, 0.05) is 17.8 Å². The van der Waals surface area contributed by atoms with E-state index in [-0.39, 0.29) is 18.0 Å². The van der Waals surface area contributed by atoms with Crippen LogP contribution >= 0.6 is 0 Å². The SMILES string of the molecule is O=C(Cn1nc(-c2ccccc2)ccc1=O)NCc1ccccn1. The maximum Gasteiger partial charge on any atom is 0.267 e. The Hall–Kier alpha value is -3.28. The summed E-state index contributed by atoms with van der Waals surface area (Å²) in [6.45, 7) is 0.180. The second-order valence-electron chi connectivity index (χ2n) is 5.18. The molecule has 0 unspecified atom stereocenters. The van der Waals surface area contributed by atoms with Gasteiger partial charge in [-0.15, -0.1) is 0 Å². The number of amides is 1. The van der Waals surface area contributed by atoms with Crippen LogP contribution in [0.1, 0.15) is 5.69 Å².